The molecule has 1 atom stereocenters. The second-order valence-electron chi connectivity index (χ2n) is 4.32. The average Bonchev–Trinajstić information content (AvgIpc) is 2.36. The number of rotatable bonds is 5. The normalized spacial score (nSPS) is 13.4. The van der Waals surface area contributed by atoms with Gasteiger partial charge in [0.2, 0.25) is 5.91 Å². The van der Waals surface area contributed by atoms with Crippen molar-refractivity contribution in [3.8, 4) is 0 Å². The molecule has 0 aromatic heterocycles. The summed E-state index contributed by atoms with van der Waals surface area (Å²) in [6, 6.07) is 4.60. The van der Waals surface area contributed by atoms with Gasteiger partial charge >= 0.3 is 6.18 Å². The van der Waals surface area contributed by atoms with Crippen molar-refractivity contribution in [2.24, 2.45) is 0 Å². The monoisotopic (exact) mass is 287 g/mol. The van der Waals surface area contributed by atoms with Crippen LogP contribution in [-0.4, -0.2) is 25.7 Å². The third kappa shape index (κ3) is 5.44. The second kappa shape index (κ2) is 7.09. The maximum atomic E-state index is 12.5. The number of carbonyl (C=O) groups excluding carboxylic acids is 1. The van der Waals surface area contributed by atoms with E-state index in [1.165, 1.54) is 31.4 Å². The molecule has 20 heavy (non-hydrogen) atoms. The largest absolute Gasteiger partial charge is 0.416 e. The van der Waals surface area contributed by atoms with Crippen LogP contribution in [0.25, 0.3) is 6.08 Å². The van der Waals surface area contributed by atoms with Crippen LogP contribution in [0.4, 0.5) is 13.2 Å². The van der Waals surface area contributed by atoms with E-state index in [-0.39, 0.29) is 11.9 Å². The van der Waals surface area contributed by atoms with E-state index in [1.807, 2.05) is 0 Å². The molecular formula is C14H16F3NO2. The van der Waals surface area contributed by atoms with Gasteiger partial charge in [0.1, 0.15) is 0 Å². The predicted molar refractivity (Wildman–Crippen MR) is 70.0 cm³/mol. The van der Waals surface area contributed by atoms with Crippen LogP contribution in [0.5, 0.6) is 0 Å². The van der Waals surface area contributed by atoms with E-state index in [2.05, 4.69) is 5.32 Å². The smallest absolute Gasteiger partial charge is 0.383 e. The van der Waals surface area contributed by atoms with Gasteiger partial charge in [-0.2, -0.15) is 13.2 Å². The summed E-state index contributed by atoms with van der Waals surface area (Å²) in [6.45, 7) is 2.13. The molecule has 0 saturated heterocycles. The number of amides is 1. The number of hydrogen-bond acceptors (Lipinski definition) is 2. The summed E-state index contributed by atoms with van der Waals surface area (Å²) in [7, 11) is 1.52. The zero-order chi connectivity index (χ0) is 15.2. The highest BCUT2D eigenvalue weighted by atomic mass is 19.4. The summed E-state index contributed by atoms with van der Waals surface area (Å²) in [5, 5.41) is 2.62. The van der Waals surface area contributed by atoms with Crippen LogP contribution in [0.1, 0.15) is 18.1 Å². The molecule has 0 fully saturated rings. The summed E-state index contributed by atoms with van der Waals surface area (Å²) in [6.07, 6.45) is -1.86. The van der Waals surface area contributed by atoms with Crippen molar-refractivity contribution < 1.29 is 22.7 Å². The molecule has 1 rings (SSSR count). The Hall–Kier alpha value is -1.82. The summed E-state index contributed by atoms with van der Waals surface area (Å²) in [4.78, 5) is 11.5. The standard InChI is InChI=1S/C14H16F3NO2/c1-10(9-20-2)18-13(19)7-6-11-4-3-5-12(8-11)14(15,16)17/h3-8,10H,9H2,1-2H3,(H,18,19). The number of ether oxygens (including phenoxy) is 1. The Morgan fingerprint density at radius 1 is 1.45 bits per heavy atom. The van der Waals surface area contributed by atoms with Gasteiger partial charge in [0, 0.05) is 19.2 Å². The number of nitrogens with one attached hydrogen (secondary N) is 1. The Balaban J connectivity index is 2.68. The lowest BCUT2D eigenvalue weighted by atomic mass is 10.1. The molecule has 0 radical (unpaired) electrons. The molecule has 0 spiro atoms. The van der Waals surface area contributed by atoms with Gasteiger partial charge in [-0.3, -0.25) is 4.79 Å². The van der Waals surface area contributed by atoms with E-state index in [9.17, 15) is 18.0 Å². The zero-order valence-corrected chi connectivity index (χ0v) is 11.2. The van der Waals surface area contributed by atoms with Crippen molar-refractivity contribution in [3.63, 3.8) is 0 Å². The number of carbonyl (C=O) groups is 1. The van der Waals surface area contributed by atoms with E-state index < -0.39 is 11.7 Å². The quantitative estimate of drug-likeness (QED) is 0.846. The predicted octanol–water partition coefficient (Wildman–Crippen LogP) is 2.87. The number of alkyl halides is 3. The highest BCUT2D eigenvalue weighted by Gasteiger charge is 2.30. The minimum Gasteiger partial charge on any atom is -0.383 e. The molecule has 0 aliphatic rings. The topological polar surface area (TPSA) is 38.3 Å². The summed E-state index contributed by atoms with van der Waals surface area (Å²) < 4.78 is 42.4. The maximum absolute atomic E-state index is 12.5. The summed E-state index contributed by atoms with van der Waals surface area (Å²) in [5.41, 5.74) is -0.429. The van der Waals surface area contributed by atoms with Gasteiger partial charge < -0.3 is 10.1 Å². The SMILES string of the molecule is COCC(C)NC(=O)C=Cc1cccc(C(F)(F)F)c1. The first-order valence-electron chi connectivity index (χ1n) is 5.97. The molecule has 1 aromatic rings. The highest BCUT2D eigenvalue weighted by molar-refractivity contribution is 5.91. The van der Waals surface area contributed by atoms with Crippen molar-refractivity contribution in [1.29, 1.82) is 0 Å². The lowest BCUT2D eigenvalue weighted by Crippen LogP contribution is -2.34. The molecule has 0 aliphatic carbocycles. The molecule has 1 aromatic carbocycles. The van der Waals surface area contributed by atoms with Crippen molar-refractivity contribution in [3.05, 3.63) is 41.5 Å². The number of methoxy groups -OCH3 is 1. The van der Waals surface area contributed by atoms with Crippen LogP contribution >= 0.6 is 0 Å². The fourth-order valence-corrected chi connectivity index (χ4v) is 1.57. The van der Waals surface area contributed by atoms with Crippen molar-refractivity contribution in [1.82, 2.24) is 5.32 Å². The Kier molecular flexibility index (Phi) is 5.76. The first kappa shape index (κ1) is 16.2. The second-order valence-corrected chi connectivity index (χ2v) is 4.32. The van der Waals surface area contributed by atoms with Crippen LogP contribution in [0.3, 0.4) is 0 Å². The van der Waals surface area contributed by atoms with Crippen molar-refractivity contribution in [2.45, 2.75) is 19.1 Å². The average molecular weight is 287 g/mol. The molecule has 1 unspecified atom stereocenters. The van der Waals surface area contributed by atoms with E-state index >= 15 is 0 Å². The highest BCUT2D eigenvalue weighted by Crippen LogP contribution is 2.29. The van der Waals surface area contributed by atoms with Crippen molar-refractivity contribution in [2.75, 3.05) is 13.7 Å². The fraction of sp³-hybridized carbons (Fsp3) is 0.357. The lowest BCUT2D eigenvalue weighted by Gasteiger charge is -2.10. The molecule has 0 heterocycles. The Morgan fingerprint density at radius 3 is 2.75 bits per heavy atom. The molecule has 0 saturated carbocycles. The Bertz CT molecular complexity index is 484. The van der Waals surface area contributed by atoms with E-state index in [1.54, 1.807) is 6.92 Å². The van der Waals surface area contributed by atoms with E-state index in [4.69, 9.17) is 4.74 Å². The molecule has 0 aliphatic heterocycles. The first-order chi connectivity index (χ1) is 9.32. The fourth-order valence-electron chi connectivity index (χ4n) is 1.57. The van der Waals surface area contributed by atoms with Crippen LogP contribution in [0, 0.1) is 0 Å². The van der Waals surface area contributed by atoms with Gasteiger partial charge in [-0.25, -0.2) is 0 Å². The summed E-state index contributed by atoms with van der Waals surface area (Å²) >= 11 is 0. The van der Waals surface area contributed by atoms with Gasteiger partial charge in [-0.1, -0.05) is 12.1 Å². The maximum Gasteiger partial charge on any atom is 0.416 e. The third-order valence-electron chi connectivity index (χ3n) is 2.45. The number of hydrogen-bond donors (Lipinski definition) is 1. The molecule has 1 amide bonds. The molecule has 110 valence electrons. The van der Waals surface area contributed by atoms with Crippen molar-refractivity contribution >= 4 is 12.0 Å². The minimum atomic E-state index is -4.39. The molecule has 0 bridgehead atoms. The number of benzene rings is 1. The lowest BCUT2D eigenvalue weighted by molar-refractivity contribution is -0.137. The Morgan fingerprint density at radius 2 is 2.15 bits per heavy atom. The molecule has 3 nitrogen and oxygen atoms in total. The first-order valence-corrected chi connectivity index (χ1v) is 5.97. The van der Waals surface area contributed by atoms with E-state index in [0.29, 0.717) is 12.2 Å². The molecule has 6 heteroatoms. The van der Waals surface area contributed by atoms with Gasteiger partial charge in [-0.15, -0.1) is 0 Å². The van der Waals surface area contributed by atoms with Gasteiger partial charge in [0.05, 0.1) is 12.2 Å². The van der Waals surface area contributed by atoms with Crippen LogP contribution < -0.4 is 5.32 Å². The molecule has 1 N–H and O–H groups in total. The number of halogens is 3. The van der Waals surface area contributed by atoms with Crippen LogP contribution in [0.2, 0.25) is 0 Å². The van der Waals surface area contributed by atoms with Crippen LogP contribution in [-0.2, 0) is 15.7 Å². The molecular weight excluding hydrogens is 271 g/mol. The van der Waals surface area contributed by atoms with Gasteiger partial charge in [-0.05, 0) is 30.7 Å². The summed E-state index contributed by atoms with van der Waals surface area (Å²) in [5.74, 6) is -0.382. The minimum absolute atomic E-state index is 0.168. The third-order valence-corrected chi connectivity index (χ3v) is 2.45. The van der Waals surface area contributed by atoms with E-state index in [0.717, 1.165) is 12.1 Å². The zero-order valence-electron chi connectivity index (χ0n) is 11.2. The van der Waals surface area contributed by atoms with Gasteiger partial charge in [0.15, 0.2) is 0 Å². The van der Waals surface area contributed by atoms with Crippen LogP contribution in [0.15, 0.2) is 30.3 Å². The van der Waals surface area contributed by atoms with Gasteiger partial charge in [0.25, 0.3) is 0 Å². The Labute approximate surface area is 115 Å².